The molecule has 0 aromatic heterocycles. The fraction of sp³-hybridized carbons (Fsp3) is 0.650. The zero-order valence-corrected chi connectivity index (χ0v) is 16.5. The molecule has 0 radical (unpaired) electrons. The Kier molecular flexibility index (Phi) is 7.72. The lowest BCUT2D eigenvalue weighted by Gasteiger charge is -2.32. The minimum absolute atomic E-state index is 0.400. The lowest BCUT2D eigenvalue weighted by Crippen LogP contribution is -2.44. The minimum atomic E-state index is 0.400. The van der Waals surface area contributed by atoms with Crippen molar-refractivity contribution >= 4 is 5.96 Å². The van der Waals surface area contributed by atoms with Crippen LogP contribution in [-0.2, 0) is 13.1 Å². The molecule has 0 saturated carbocycles. The number of rotatable bonds is 6. The van der Waals surface area contributed by atoms with Crippen molar-refractivity contribution < 1.29 is 0 Å². The van der Waals surface area contributed by atoms with Gasteiger partial charge in [0, 0.05) is 52.4 Å². The van der Waals surface area contributed by atoms with Crippen LogP contribution in [0.2, 0.25) is 0 Å². The maximum atomic E-state index is 4.31. The molecule has 1 aliphatic rings. The van der Waals surface area contributed by atoms with E-state index in [0.29, 0.717) is 12.0 Å². The number of piperazine rings is 1. The summed E-state index contributed by atoms with van der Waals surface area (Å²) < 4.78 is 0. The quantitative estimate of drug-likeness (QED) is 0.612. The zero-order chi connectivity index (χ0) is 18.2. The molecular weight excluding hydrogens is 310 g/mol. The molecule has 1 fully saturated rings. The lowest BCUT2D eigenvalue weighted by molar-refractivity contribution is 0.148. The van der Waals surface area contributed by atoms with Gasteiger partial charge in [-0.2, -0.15) is 0 Å². The van der Waals surface area contributed by atoms with Crippen molar-refractivity contribution in [3.63, 3.8) is 0 Å². The Morgan fingerprint density at radius 2 is 1.64 bits per heavy atom. The fourth-order valence-corrected chi connectivity index (χ4v) is 2.79. The highest BCUT2D eigenvalue weighted by molar-refractivity contribution is 5.79. The first kappa shape index (κ1) is 19.7. The van der Waals surface area contributed by atoms with Crippen LogP contribution in [0.25, 0.3) is 0 Å². The predicted molar refractivity (Wildman–Crippen MR) is 107 cm³/mol. The molecule has 1 aromatic carbocycles. The van der Waals surface area contributed by atoms with Gasteiger partial charge in [0.15, 0.2) is 5.96 Å². The second kappa shape index (κ2) is 9.78. The van der Waals surface area contributed by atoms with Crippen molar-refractivity contribution in [2.75, 3.05) is 40.3 Å². The van der Waals surface area contributed by atoms with Crippen molar-refractivity contribution in [1.29, 1.82) is 0 Å². The Morgan fingerprint density at radius 1 is 1.04 bits per heavy atom. The van der Waals surface area contributed by atoms with Crippen molar-refractivity contribution in [1.82, 2.24) is 20.4 Å². The first-order valence-electron chi connectivity index (χ1n) is 9.44. The van der Waals surface area contributed by atoms with Crippen molar-refractivity contribution in [3.8, 4) is 0 Å². The minimum Gasteiger partial charge on any atom is -0.354 e. The maximum absolute atomic E-state index is 4.31. The summed E-state index contributed by atoms with van der Waals surface area (Å²) in [5.74, 6) is 1.44. The van der Waals surface area contributed by atoms with Gasteiger partial charge in [-0.25, -0.2) is 0 Å². The first-order valence-corrected chi connectivity index (χ1v) is 9.44. The van der Waals surface area contributed by atoms with E-state index in [1.165, 1.54) is 24.2 Å². The number of guanidine groups is 1. The van der Waals surface area contributed by atoms with Crippen molar-refractivity contribution in [3.05, 3.63) is 35.4 Å². The first-order chi connectivity index (χ1) is 12.0. The molecule has 5 nitrogen and oxygen atoms in total. The lowest BCUT2D eigenvalue weighted by atomic mass is 10.1. The summed E-state index contributed by atoms with van der Waals surface area (Å²) in [5, 5.41) is 6.83. The van der Waals surface area contributed by atoms with E-state index in [9.17, 15) is 0 Å². The number of hydrogen-bond acceptors (Lipinski definition) is 3. The predicted octanol–water partition coefficient (Wildman–Crippen LogP) is 2.14. The largest absolute Gasteiger partial charge is 0.354 e. The van der Waals surface area contributed by atoms with Crippen LogP contribution in [0.15, 0.2) is 29.3 Å². The number of likely N-dealkylation sites (N-methyl/N-ethyl adjacent to an activating group) is 1. The van der Waals surface area contributed by atoms with Gasteiger partial charge in [0.25, 0.3) is 0 Å². The molecule has 1 unspecified atom stereocenters. The Balaban J connectivity index is 1.79. The second-order valence-corrected chi connectivity index (χ2v) is 7.50. The van der Waals surface area contributed by atoms with Gasteiger partial charge >= 0.3 is 0 Å². The highest BCUT2D eigenvalue weighted by Crippen LogP contribution is 2.10. The Morgan fingerprint density at radius 3 is 2.20 bits per heavy atom. The molecule has 0 bridgehead atoms. The fourth-order valence-electron chi connectivity index (χ4n) is 2.79. The summed E-state index contributed by atoms with van der Waals surface area (Å²) in [5.41, 5.74) is 2.67. The number of nitrogens with one attached hydrogen (secondary N) is 2. The number of nitrogens with zero attached hydrogens (tertiary/aromatic N) is 3. The summed E-state index contributed by atoms with van der Waals surface area (Å²) in [6.07, 6.45) is 0. The Bertz CT molecular complexity index is 530. The molecule has 1 atom stereocenters. The molecular formula is C20H35N5. The summed E-state index contributed by atoms with van der Waals surface area (Å²) in [6.45, 7) is 13.1. The number of aliphatic imine (C=N–C) groups is 1. The van der Waals surface area contributed by atoms with Crippen LogP contribution in [-0.4, -0.2) is 62.1 Å². The van der Waals surface area contributed by atoms with Crippen LogP contribution in [0, 0.1) is 5.92 Å². The molecule has 0 spiro atoms. The highest BCUT2D eigenvalue weighted by Gasteiger charge is 2.13. The zero-order valence-electron chi connectivity index (χ0n) is 16.5. The van der Waals surface area contributed by atoms with Gasteiger partial charge in [0.1, 0.15) is 0 Å². The summed E-state index contributed by atoms with van der Waals surface area (Å²) >= 11 is 0. The highest BCUT2D eigenvalue weighted by atomic mass is 15.2. The molecule has 25 heavy (non-hydrogen) atoms. The molecule has 0 aliphatic carbocycles. The van der Waals surface area contributed by atoms with E-state index in [0.717, 1.165) is 32.1 Å². The van der Waals surface area contributed by atoms with Gasteiger partial charge in [-0.05, 0) is 31.0 Å². The molecule has 1 saturated heterocycles. The summed E-state index contributed by atoms with van der Waals surface area (Å²) in [6, 6.07) is 9.34. The molecule has 5 heteroatoms. The van der Waals surface area contributed by atoms with Crippen LogP contribution in [0.4, 0.5) is 0 Å². The van der Waals surface area contributed by atoms with Gasteiger partial charge in [-0.15, -0.1) is 0 Å². The molecule has 1 aromatic rings. The monoisotopic (exact) mass is 345 g/mol. The Labute approximate surface area is 153 Å². The average Bonchev–Trinajstić information content (AvgIpc) is 2.61. The second-order valence-electron chi connectivity index (χ2n) is 7.50. The van der Waals surface area contributed by atoms with E-state index < -0.39 is 0 Å². The van der Waals surface area contributed by atoms with Gasteiger partial charge in [0.05, 0.1) is 0 Å². The van der Waals surface area contributed by atoms with Crippen LogP contribution >= 0.6 is 0 Å². The van der Waals surface area contributed by atoms with Crippen LogP contribution in [0.5, 0.6) is 0 Å². The van der Waals surface area contributed by atoms with Gasteiger partial charge in [-0.1, -0.05) is 38.1 Å². The average molecular weight is 346 g/mol. The van der Waals surface area contributed by atoms with Gasteiger partial charge in [0.2, 0.25) is 0 Å². The molecule has 2 rings (SSSR count). The third-order valence-electron chi connectivity index (χ3n) is 5.07. The summed E-state index contributed by atoms with van der Waals surface area (Å²) in [7, 11) is 4.02. The van der Waals surface area contributed by atoms with Crippen LogP contribution < -0.4 is 10.6 Å². The molecule has 140 valence electrons. The smallest absolute Gasteiger partial charge is 0.191 e. The summed E-state index contributed by atoms with van der Waals surface area (Å²) in [4.78, 5) is 9.24. The number of hydrogen-bond donors (Lipinski definition) is 2. The van der Waals surface area contributed by atoms with E-state index in [1.54, 1.807) is 0 Å². The van der Waals surface area contributed by atoms with E-state index in [1.807, 2.05) is 7.05 Å². The molecule has 1 heterocycles. The Hall–Kier alpha value is -1.59. The third kappa shape index (κ3) is 6.67. The van der Waals surface area contributed by atoms with Gasteiger partial charge < -0.3 is 15.5 Å². The van der Waals surface area contributed by atoms with E-state index in [-0.39, 0.29) is 0 Å². The van der Waals surface area contributed by atoms with Crippen LogP contribution in [0.3, 0.4) is 0 Å². The molecule has 2 N–H and O–H groups in total. The van der Waals surface area contributed by atoms with E-state index >= 15 is 0 Å². The maximum Gasteiger partial charge on any atom is 0.191 e. The third-order valence-corrected chi connectivity index (χ3v) is 5.07. The van der Waals surface area contributed by atoms with Crippen molar-refractivity contribution in [2.24, 2.45) is 10.9 Å². The molecule has 0 amide bonds. The molecule has 1 aliphatic heterocycles. The normalized spacial score (nSPS) is 18.4. The number of benzene rings is 1. The van der Waals surface area contributed by atoms with E-state index in [4.69, 9.17) is 0 Å². The van der Waals surface area contributed by atoms with Crippen molar-refractivity contribution in [2.45, 2.75) is 39.9 Å². The topological polar surface area (TPSA) is 42.9 Å². The van der Waals surface area contributed by atoms with Crippen LogP contribution in [0.1, 0.15) is 31.9 Å². The standard InChI is InChI=1S/C20H35N5/c1-16(2)17(3)23-20(21-4)22-14-18-6-8-19(9-7-18)15-25-12-10-24(5)11-13-25/h6-9,16-17H,10-15H2,1-5H3,(H2,21,22,23). The van der Waals surface area contributed by atoms with Gasteiger partial charge in [-0.3, -0.25) is 9.89 Å². The SMILES string of the molecule is CN=C(NCc1ccc(CN2CCN(C)CC2)cc1)NC(C)C(C)C. The van der Waals surface area contributed by atoms with E-state index in [2.05, 4.69) is 77.5 Å².